The highest BCUT2D eigenvalue weighted by Gasteiger charge is 2.21. The Kier molecular flexibility index (Phi) is 8.44. The molecule has 2 atom stereocenters. The highest BCUT2D eigenvalue weighted by Crippen LogP contribution is 2.27. The molecule has 1 heterocycles. The number of carbonyl (C=O) groups is 2. The smallest absolute Gasteiger partial charge is 0.342 e. The van der Waals surface area contributed by atoms with Gasteiger partial charge >= 0.3 is 5.97 Å². The minimum atomic E-state index is -0.598. The number of esters is 1. The molecule has 0 aliphatic carbocycles. The summed E-state index contributed by atoms with van der Waals surface area (Å²) < 4.78 is 16.6. The molecule has 0 aromatic heterocycles. The van der Waals surface area contributed by atoms with Gasteiger partial charge in [-0.2, -0.15) is 0 Å². The van der Waals surface area contributed by atoms with Gasteiger partial charge in [-0.1, -0.05) is 36.4 Å². The Bertz CT molecular complexity index is 1040. The molecular formula is C27H30O6. The molecule has 1 N–H and O–H groups in total. The number of hydrogen-bond donors (Lipinski definition) is 1. The Labute approximate surface area is 194 Å². The lowest BCUT2D eigenvalue weighted by Gasteiger charge is -2.17. The van der Waals surface area contributed by atoms with Crippen LogP contribution in [0.15, 0.2) is 54.6 Å². The monoisotopic (exact) mass is 450 g/mol. The predicted octanol–water partition coefficient (Wildman–Crippen LogP) is 5.16. The van der Waals surface area contributed by atoms with E-state index >= 15 is 0 Å². The first-order valence-corrected chi connectivity index (χ1v) is 11.0. The number of ketones is 1. The van der Waals surface area contributed by atoms with E-state index in [4.69, 9.17) is 14.2 Å². The van der Waals surface area contributed by atoms with E-state index in [2.05, 4.69) is 0 Å². The molecule has 0 unspecified atom stereocenters. The van der Waals surface area contributed by atoms with Gasteiger partial charge in [0, 0.05) is 6.42 Å². The molecule has 0 radical (unpaired) electrons. The average molecular weight is 451 g/mol. The summed E-state index contributed by atoms with van der Waals surface area (Å²) in [5.74, 6) is -0.0545. The average Bonchev–Trinajstić information content (AvgIpc) is 2.77. The fourth-order valence-corrected chi connectivity index (χ4v) is 3.61. The Morgan fingerprint density at radius 3 is 2.58 bits per heavy atom. The second-order valence-corrected chi connectivity index (χ2v) is 8.13. The van der Waals surface area contributed by atoms with Crippen LogP contribution in [0.3, 0.4) is 0 Å². The largest absolute Gasteiger partial charge is 0.507 e. The molecule has 2 aromatic rings. The topological polar surface area (TPSA) is 82.1 Å². The molecule has 6 nitrogen and oxygen atoms in total. The summed E-state index contributed by atoms with van der Waals surface area (Å²) in [4.78, 5) is 25.4. The molecule has 6 heteroatoms. The van der Waals surface area contributed by atoms with Crippen LogP contribution in [0.25, 0.3) is 6.08 Å². The number of phenols is 1. The van der Waals surface area contributed by atoms with E-state index in [1.54, 1.807) is 32.3 Å². The number of methoxy groups -OCH3 is 1. The first kappa shape index (κ1) is 24.3. The minimum absolute atomic E-state index is 0.106. The number of rotatable bonds is 4. The van der Waals surface area contributed by atoms with Crippen LogP contribution in [-0.4, -0.2) is 36.2 Å². The summed E-state index contributed by atoms with van der Waals surface area (Å²) in [6, 6.07) is 10.9. The van der Waals surface area contributed by atoms with Crippen LogP contribution in [0.1, 0.15) is 53.2 Å². The van der Waals surface area contributed by atoms with Crippen LogP contribution in [0, 0.1) is 6.92 Å². The number of aryl methyl sites for hydroxylation is 1. The van der Waals surface area contributed by atoms with E-state index in [-0.39, 0.29) is 17.1 Å². The van der Waals surface area contributed by atoms with Crippen molar-refractivity contribution in [2.24, 2.45) is 0 Å². The predicted molar refractivity (Wildman–Crippen MR) is 126 cm³/mol. The first-order chi connectivity index (χ1) is 15.9. The summed E-state index contributed by atoms with van der Waals surface area (Å²) in [5, 5.41) is 10.4. The summed E-state index contributed by atoms with van der Waals surface area (Å²) in [5.41, 5.74) is 2.51. The molecule has 3 rings (SSSR count). The Balaban J connectivity index is 1.79. The highest BCUT2D eigenvalue weighted by atomic mass is 16.5. The third-order valence-electron chi connectivity index (χ3n) is 5.38. The van der Waals surface area contributed by atoms with Gasteiger partial charge in [0.15, 0.2) is 5.78 Å². The van der Waals surface area contributed by atoms with Crippen LogP contribution in [0.5, 0.6) is 11.5 Å². The van der Waals surface area contributed by atoms with Gasteiger partial charge in [-0.05, 0) is 67.7 Å². The molecule has 0 spiro atoms. The number of hydrogen-bond acceptors (Lipinski definition) is 6. The molecule has 2 aromatic carbocycles. The first-order valence-electron chi connectivity index (χ1n) is 11.0. The summed E-state index contributed by atoms with van der Waals surface area (Å²) in [6.07, 6.45) is 7.21. The number of cyclic esters (lactones) is 1. The SMILES string of the molecule is COc1ccc(CO[C@H]2CC/C=C/c3cc(C)cc(O)c3C(=O)O[C@@H](C)C/C=C\C2=O)cc1. The summed E-state index contributed by atoms with van der Waals surface area (Å²) >= 11 is 0. The normalized spacial score (nSPS) is 21.4. The van der Waals surface area contributed by atoms with Crippen LogP contribution in [0.4, 0.5) is 0 Å². The molecule has 1 aliphatic heterocycles. The summed E-state index contributed by atoms with van der Waals surface area (Å²) in [6.45, 7) is 3.90. The number of ether oxygens (including phenoxy) is 3. The highest BCUT2D eigenvalue weighted by molar-refractivity contribution is 5.97. The van der Waals surface area contributed by atoms with Gasteiger partial charge in [0.2, 0.25) is 0 Å². The van der Waals surface area contributed by atoms with Crippen molar-refractivity contribution in [2.75, 3.05) is 7.11 Å². The Hall–Kier alpha value is -3.38. The number of aromatic hydroxyl groups is 1. The van der Waals surface area contributed by atoms with Gasteiger partial charge in [0.1, 0.15) is 29.3 Å². The Morgan fingerprint density at radius 2 is 1.85 bits per heavy atom. The zero-order valence-corrected chi connectivity index (χ0v) is 19.2. The third-order valence-corrected chi connectivity index (χ3v) is 5.38. The Morgan fingerprint density at radius 1 is 1.09 bits per heavy atom. The van der Waals surface area contributed by atoms with Crippen molar-refractivity contribution in [3.8, 4) is 11.5 Å². The maximum absolute atomic E-state index is 12.8. The molecular weight excluding hydrogens is 420 g/mol. The van der Waals surface area contributed by atoms with Crippen molar-refractivity contribution in [3.63, 3.8) is 0 Å². The van der Waals surface area contributed by atoms with Crippen molar-refractivity contribution >= 4 is 17.8 Å². The third kappa shape index (κ3) is 6.80. The quantitative estimate of drug-likeness (QED) is 0.648. The molecule has 1 aliphatic rings. The van der Waals surface area contributed by atoms with Crippen molar-refractivity contribution < 1.29 is 28.9 Å². The van der Waals surface area contributed by atoms with Gasteiger partial charge in [-0.15, -0.1) is 0 Å². The van der Waals surface area contributed by atoms with E-state index in [0.717, 1.165) is 16.9 Å². The van der Waals surface area contributed by atoms with E-state index in [1.807, 2.05) is 43.3 Å². The number of fused-ring (bicyclic) bond motifs is 1. The van der Waals surface area contributed by atoms with Crippen LogP contribution in [-0.2, 0) is 20.9 Å². The minimum Gasteiger partial charge on any atom is -0.507 e. The fourth-order valence-electron chi connectivity index (χ4n) is 3.61. The lowest BCUT2D eigenvalue weighted by atomic mass is 10.0. The maximum Gasteiger partial charge on any atom is 0.342 e. The standard InChI is InChI=1S/C27H30O6/c1-18-15-21-8-4-5-10-25(32-17-20-11-13-22(31-3)14-12-20)23(28)9-6-7-19(2)33-27(30)26(21)24(29)16-18/h4,6,8-9,11-16,19,25,29H,5,7,10,17H2,1-3H3/b8-4+,9-6-/t19-,25-/m0/s1. The summed E-state index contributed by atoms with van der Waals surface area (Å²) in [7, 11) is 1.61. The lowest BCUT2D eigenvalue weighted by molar-refractivity contribution is -0.126. The molecule has 0 bridgehead atoms. The van der Waals surface area contributed by atoms with E-state index in [0.29, 0.717) is 31.4 Å². The van der Waals surface area contributed by atoms with Crippen molar-refractivity contribution in [1.82, 2.24) is 0 Å². The number of carbonyl (C=O) groups excluding carboxylic acids is 2. The van der Waals surface area contributed by atoms with Gasteiger partial charge < -0.3 is 19.3 Å². The van der Waals surface area contributed by atoms with Crippen LogP contribution in [0.2, 0.25) is 0 Å². The van der Waals surface area contributed by atoms with Crippen molar-refractivity contribution in [3.05, 3.63) is 76.9 Å². The van der Waals surface area contributed by atoms with E-state index in [9.17, 15) is 14.7 Å². The molecule has 174 valence electrons. The van der Waals surface area contributed by atoms with Gasteiger partial charge in [0.05, 0.1) is 13.7 Å². The van der Waals surface area contributed by atoms with E-state index in [1.165, 1.54) is 6.08 Å². The molecule has 0 amide bonds. The molecule has 33 heavy (non-hydrogen) atoms. The molecule has 0 saturated heterocycles. The zero-order valence-electron chi connectivity index (χ0n) is 19.2. The maximum atomic E-state index is 12.8. The molecule has 0 saturated carbocycles. The van der Waals surface area contributed by atoms with E-state index < -0.39 is 18.2 Å². The van der Waals surface area contributed by atoms with Crippen molar-refractivity contribution in [1.29, 1.82) is 0 Å². The van der Waals surface area contributed by atoms with Crippen LogP contribution < -0.4 is 4.74 Å². The molecule has 0 fully saturated rings. The number of phenolic OH excluding ortho intramolecular Hbond substituents is 1. The van der Waals surface area contributed by atoms with Gasteiger partial charge in [0.25, 0.3) is 0 Å². The second kappa shape index (κ2) is 11.5. The van der Waals surface area contributed by atoms with Crippen molar-refractivity contribution in [2.45, 2.75) is 51.9 Å². The fraction of sp³-hybridized carbons (Fsp3) is 0.333. The zero-order chi connectivity index (χ0) is 23.8. The number of allylic oxidation sites excluding steroid dienone is 1. The van der Waals surface area contributed by atoms with Gasteiger partial charge in [-0.25, -0.2) is 4.79 Å². The second-order valence-electron chi connectivity index (χ2n) is 8.13. The number of benzene rings is 2. The van der Waals surface area contributed by atoms with Crippen LogP contribution >= 0.6 is 0 Å². The van der Waals surface area contributed by atoms with Gasteiger partial charge in [-0.3, -0.25) is 4.79 Å². The lowest BCUT2D eigenvalue weighted by Crippen LogP contribution is -2.23.